The molecule has 0 radical (unpaired) electrons. The van der Waals surface area contributed by atoms with Crippen LogP contribution in [0, 0.1) is 23.7 Å². The number of rotatable bonds is 4. The van der Waals surface area contributed by atoms with E-state index in [1.54, 1.807) is 0 Å². The Labute approximate surface area is 118 Å². The Balaban J connectivity index is 1.52. The molecule has 0 amide bonds. The third-order valence-electron chi connectivity index (χ3n) is 5.24. The highest BCUT2D eigenvalue weighted by Gasteiger charge is 2.37. The molecule has 1 aromatic heterocycles. The Bertz CT molecular complexity index is 448. The summed E-state index contributed by atoms with van der Waals surface area (Å²) in [5, 5.41) is 23.2. The molecular formula is C14H22N4O2. The van der Waals surface area contributed by atoms with E-state index in [2.05, 4.69) is 20.6 Å². The number of nitrogens with zero attached hydrogens (tertiary/aromatic N) is 3. The molecule has 1 aromatic rings. The van der Waals surface area contributed by atoms with Gasteiger partial charge >= 0.3 is 5.97 Å². The third-order valence-corrected chi connectivity index (χ3v) is 5.24. The van der Waals surface area contributed by atoms with Crippen molar-refractivity contribution in [1.29, 1.82) is 0 Å². The van der Waals surface area contributed by atoms with Crippen molar-refractivity contribution in [3.8, 4) is 0 Å². The van der Waals surface area contributed by atoms with Gasteiger partial charge in [0, 0.05) is 6.42 Å². The van der Waals surface area contributed by atoms with E-state index >= 15 is 0 Å². The van der Waals surface area contributed by atoms with Gasteiger partial charge in [-0.3, -0.25) is 4.79 Å². The molecule has 4 atom stereocenters. The minimum absolute atomic E-state index is 0.104. The van der Waals surface area contributed by atoms with Crippen LogP contribution in [0.15, 0.2) is 0 Å². The summed E-state index contributed by atoms with van der Waals surface area (Å²) >= 11 is 0. The summed E-state index contributed by atoms with van der Waals surface area (Å²) < 4.78 is 0. The number of carboxylic acids is 1. The number of aryl methyl sites for hydroxylation is 1. The molecule has 2 fully saturated rings. The van der Waals surface area contributed by atoms with E-state index in [0.29, 0.717) is 11.8 Å². The average Bonchev–Trinajstić information content (AvgIpc) is 2.97. The van der Waals surface area contributed by atoms with Crippen molar-refractivity contribution in [3.05, 3.63) is 5.82 Å². The summed E-state index contributed by atoms with van der Waals surface area (Å²) in [4.78, 5) is 11.2. The highest BCUT2D eigenvalue weighted by atomic mass is 16.4. The van der Waals surface area contributed by atoms with Gasteiger partial charge in [-0.05, 0) is 56.3 Å². The minimum atomic E-state index is -0.600. The number of carbonyl (C=O) groups is 1. The predicted molar refractivity (Wildman–Crippen MR) is 71.8 cm³/mol. The number of aromatic nitrogens is 4. The smallest absolute Gasteiger partial charge is 0.306 e. The first kappa shape index (κ1) is 13.5. The maximum absolute atomic E-state index is 11.2. The Morgan fingerprint density at radius 2 is 2.05 bits per heavy atom. The number of hydrogen-bond donors (Lipinski definition) is 2. The maximum atomic E-state index is 11.2. The highest BCUT2D eigenvalue weighted by Crippen LogP contribution is 2.45. The lowest BCUT2D eigenvalue weighted by Crippen LogP contribution is -2.33. The molecule has 110 valence electrons. The number of hydrogen-bond acceptors (Lipinski definition) is 4. The quantitative estimate of drug-likeness (QED) is 0.879. The van der Waals surface area contributed by atoms with Crippen LogP contribution >= 0.6 is 0 Å². The normalized spacial score (nSPS) is 33.6. The van der Waals surface area contributed by atoms with Gasteiger partial charge in [0.05, 0.1) is 5.92 Å². The predicted octanol–water partition coefficient (Wildman–Crippen LogP) is 2.05. The van der Waals surface area contributed by atoms with E-state index in [0.717, 1.165) is 43.8 Å². The van der Waals surface area contributed by atoms with Crippen molar-refractivity contribution < 1.29 is 9.90 Å². The molecule has 1 heterocycles. The van der Waals surface area contributed by atoms with Crippen molar-refractivity contribution in [2.24, 2.45) is 23.7 Å². The summed E-state index contributed by atoms with van der Waals surface area (Å²) in [5.41, 5.74) is 0. The van der Waals surface area contributed by atoms with Crippen molar-refractivity contribution >= 4 is 5.97 Å². The van der Waals surface area contributed by atoms with E-state index in [4.69, 9.17) is 0 Å². The van der Waals surface area contributed by atoms with E-state index in [1.807, 2.05) is 0 Å². The third kappa shape index (κ3) is 2.99. The zero-order valence-electron chi connectivity index (χ0n) is 11.7. The molecule has 2 aliphatic carbocycles. The molecule has 6 heteroatoms. The molecule has 6 nitrogen and oxygen atoms in total. The Morgan fingerprint density at radius 3 is 2.80 bits per heavy atom. The molecular weight excluding hydrogens is 256 g/mol. The summed E-state index contributed by atoms with van der Waals surface area (Å²) in [6.45, 7) is 0. The van der Waals surface area contributed by atoms with Gasteiger partial charge in [-0.1, -0.05) is 11.6 Å². The van der Waals surface area contributed by atoms with E-state index < -0.39 is 5.97 Å². The van der Waals surface area contributed by atoms with Crippen LogP contribution in [0.5, 0.6) is 0 Å². The van der Waals surface area contributed by atoms with Gasteiger partial charge in [0.1, 0.15) is 0 Å². The molecule has 2 N–H and O–H groups in total. The molecule has 0 bridgehead atoms. The first-order valence-corrected chi connectivity index (χ1v) is 7.67. The Hall–Kier alpha value is -1.46. The number of H-pyrrole nitrogens is 1. The Kier molecular flexibility index (Phi) is 3.98. The lowest BCUT2D eigenvalue weighted by molar-refractivity contribution is -0.144. The second-order valence-electron chi connectivity index (χ2n) is 6.41. The second-order valence-corrected chi connectivity index (χ2v) is 6.41. The molecule has 0 spiro atoms. The average molecular weight is 278 g/mol. The van der Waals surface area contributed by atoms with Gasteiger partial charge in [-0.25, -0.2) is 0 Å². The van der Waals surface area contributed by atoms with Gasteiger partial charge in [0.15, 0.2) is 5.82 Å². The van der Waals surface area contributed by atoms with Gasteiger partial charge in [0.2, 0.25) is 0 Å². The SMILES string of the molecule is O=C(O)[C@H]1CC[C@@H]2CC[C@H](CCc3nn[nH]n3)C[C@@H]2C1. The zero-order chi connectivity index (χ0) is 13.9. The van der Waals surface area contributed by atoms with Gasteiger partial charge in [0.25, 0.3) is 0 Å². The fraction of sp³-hybridized carbons (Fsp3) is 0.857. The topological polar surface area (TPSA) is 91.8 Å². The monoisotopic (exact) mass is 278 g/mol. The summed E-state index contributed by atoms with van der Waals surface area (Å²) in [5.74, 6) is 2.17. The number of carboxylic acid groups (broad SMARTS) is 1. The fourth-order valence-corrected chi connectivity index (χ4v) is 4.10. The van der Waals surface area contributed by atoms with Crippen LogP contribution in [0.1, 0.15) is 50.8 Å². The molecule has 3 rings (SSSR count). The first-order valence-electron chi connectivity index (χ1n) is 7.67. The first-order chi connectivity index (χ1) is 9.72. The van der Waals surface area contributed by atoms with Crippen LogP contribution in [-0.4, -0.2) is 31.7 Å². The summed E-state index contributed by atoms with van der Waals surface area (Å²) in [7, 11) is 0. The van der Waals surface area contributed by atoms with Crippen LogP contribution in [0.4, 0.5) is 0 Å². The van der Waals surface area contributed by atoms with Crippen LogP contribution in [0.3, 0.4) is 0 Å². The number of nitrogens with one attached hydrogen (secondary N) is 1. The van der Waals surface area contributed by atoms with Crippen molar-refractivity contribution in [2.45, 2.75) is 51.4 Å². The standard InChI is InChI=1S/C14H22N4O2/c19-14(20)11-5-4-10-3-1-9(7-12(10)8-11)2-6-13-15-17-18-16-13/h9-12H,1-8H2,(H,19,20)(H,15,16,17,18)/t9-,10+,11+,12-/m1/s1. The van der Waals surface area contributed by atoms with Gasteiger partial charge in [-0.15, -0.1) is 10.2 Å². The van der Waals surface area contributed by atoms with Crippen molar-refractivity contribution in [2.75, 3.05) is 0 Å². The maximum Gasteiger partial charge on any atom is 0.306 e. The number of aliphatic carboxylic acids is 1. The van der Waals surface area contributed by atoms with Gasteiger partial charge < -0.3 is 5.11 Å². The van der Waals surface area contributed by atoms with Gasteiger partial charge in [-0.2, -0.15) is 5.21 Å². The molecule has 20 heavy (non-hydrogen) atoms. The van der Waals surface area contributed by atoms with Crippen molar-refractivity contribution in [3.63, 3.8) is 0 Å². The number of tetrazole rings is 1. The summed E-state index contributed by atoms with van der Waals surface area (Å²) in [6, 6.07) is 0. The van der Waals surface area contributed by atoms with E-state index in [9.17, 15) is 9.90 Å². The fourth-order valence-electron chi connectivity index (χ4n) is 4.10. The van der Waals surface area contributed by atoms with Crippen LogP contribution in [-0.2, 0) is 11.2 Å². The highest BCUT2D eigenvalue weighted by molar-refractivity contribution is 5.70. The lowest BCUT2D eigenvalue weighted by atomic mass is 9.64. The van der Waals surface area contributed by atoms with Crippen LogP contribution in [0.25, 0.3) is 0 Å². The van der Waals surface area contributed by atoms with Crippen LogP contribution < -0.4 is 0 Å². The second kappa shape index (κ2) is 5.89. The van der Waals surface area contributed by atoms with Crippen LogP contribution in [0.2, 0.25) is 0 Å². The largest absolute Gasteiger partial charge is 0.481 e. The zero-order valence-corrected chi connectivity index (χ0v) is 11.7. The van der Waals surface area contributed by atoms with E-state index in [1.165, 1.54) is 19.3 Å². The molecule has 0 aromatic carbocycles. The Morgan fingerprint density at radius 1 is 1.20 bits per heavy atom. The number of aromatic amines is 1. The molecule has 0 saturated heterocycles. The minimum Gasteiger partial charge on any atom is -0.481 e. The number of fused-ring (bicyclic) bond motifs is 1. The molecule has 2 saturated carbocycles. The molecule has 0 unspecified atom stereocenters. The van der Waals surface area contributed by atoms with E-state index in [-0.39, 0.29) is 5.92 Å². The lowest BCUT2D eigenvalue weighted by Gasteiger charge is -2.41. The molecule has 2 aliphatic rings. The molecule has 0 aliphatic heterocycles. The van der Waals surface area contributed by atoms with Crippen molar-refractivity contribution in [1.82, 2.24) is 20.6 Å². The summed E-state index contributed by atoms with van der Waals surface area (Å²) in [6.07, 6.45) is 8.58.